The Hall–Kier alpha value is -1.36. The van der Waals surface area contributed by atoms with Crippen LogP contribution in [0.25, 0.3) is 0 Å². The molecule has 0 unspecified atom stereocenters. The maximum absolute atomic E-state index is 12.9. The van der Waals surface area contributed by atoms with Gasteiger partial charge in [0.1, 0.15) is 11.5 Å². The maximum Gasteiger partial charge on any atom is 0.235 e. The lowest BCUT2D eigenvalue weighted by Gasteiger charge is -2.34. The zero-order valence-electron chi connectivity index (χ0n) is 13.4. The maximum atomic E-state index is 12.9. The number of rotatable bonds is 8. The molecular formula is C16H26N2O2S. The molecule has 5 heteroatoms. The summed E-state index contributed by atoms with van der Waals surface area (Å²) in [5.74, 6) is 1.61. The molecule has 0 aliphatic carbocycles. The number of aryl methyl sites for hydroxylation is 1. The molecule has 21 heavy (non-hydrogen) atoms. The SMILES string of the molecule is CCCC(CCC)(C(=O)N(C)Cc1ccc(C)o1)C(N)=S. The molecule has 1 heterocycles. The van der Waals surface area contributed by atoms with Crippen molar-refractivity contribution in [3.05, 3.63) is 23.7 Å². The highest BCUT2D eigenvalue weighted by Gasteiger charge is 2.41. The summed E-state index contributed by atoms with van der Waals surface area (Å²) in [6, 6.07) is 3.79. The first-order valence-corrected chi connectivity index (χ1v) is 7.89. The molecule has 2 N–H and O–H groups in total. The van der Waals surface area contributed by atoms with Crippen LogP contribution in [0.4, 0.5) is 0 Å². The normalized spacial score (nSPS) is 11.4. The Morgan fingerprint density at radius 3 is 2.29 bits per heavy atom. The van der Waals surface area contributed by atoms with Crippen molar-refractivity contribution in [3.63, 3.8) is 0 Å². The van der Waals surface area contributed by atoms with Gasteiger partial charge in [0.2, 0.25) is 5.91 Å². The number of nitrogens with two attached hydrogens (primary N) is 1. The van der Waals surface area contributed by atoms with Gasteiger partial charge in [-0.15, -0.1) is 0 Å². The zero-order valence-corrected chi connectivity index (χ0v) is 14.3. The Labute approximate surface area is 132 Å². The van der Waals surface area contributed by atoms with E-state index in [0.717, 1.165) is 24.4 Å². The van der Waals surface area contributed by atoms with E-state index in [0.29, 0.717) is 24.4 Å². The van der Waals surface area contributed by atoms with Crippen LogP contribution in [0.5, 0.6) is 0 Å². The molecule has 0 aliphatic rings. The zero-order chi connectivity index (χ0) is 16.0. The van der Waals surface area contributed by atoms with Crippen LogP contribution in [-0.4, -0.2) is 22.8 Å². The van der Waals surface area contributed by atoms with Gasteiger partial charge in [0.15, 0.2) is 0 Å². The van der Waals surface area contributed by atoms with Gasteiger partial charge in [-0.3, -0.25) is 4.79 Å². The molecule has 0 radical (unpaired) electrons. The second kappa shape index (κ2) is 7.59. The number of thiocarbonyl (C=S) groups is 1. The molecule has 0 fully saturated rings. The fraction of sp³-hybridized carbons (Fsp3) is 0.625. The van der Waals surface area contributed by atoms with Crippen LogP contribution in [0.1, 0.15) is 51.1 Å². The minimum Gasteiger partial charge on any atom is -0.464 e. The third kappa shape index (κ3) is 4.06. The number of nitrogens with zero attached hydrogens (tertiary/aromatic N) is 1. The van der Waals surface area contributed by atoms with Crippen molar-refractivity contribution in [1.82, 2.24) is 4.90 Å². The van der Waals surface area contributed by atoms with E-state index in [-0.39, 0.29) is 5.91 Å². The molecule has 1 amide bonds. The van der Waals surface area contributed by atoms with E-state index in [1.807, 2.05) is 32.9 Å². The van der Waals surface area contributed by atoms with Crippen LogP contribution in [0.2, 0.25) is 0 Å². The molecule has 0 spiro atoms. The van der Waals surface area contributed by atoms with Gasteiger partial charge in [-0.25, -0.2) is 0 Å². The molecular weight excluding hydrogens is 284 g/mol. The first-order chi connectivity index (χ1) is 9.87. The molecule has 1 aromatic heterocycles. The number of furan rings is 1. The number of carbonyl (C=O) groups excluding carboxylic acids is 1. The van der Waals surface area contributed by atoms with Crippen molar-refractivity contribution < 1.29 is 9.21 Å². The Balaban J connectivity index is 2.95. The molecule has 1 aromatic rings. The highest BCUT2D eigenvalue weighted by Crippen LogP contribution is 2.33. The Kier molecular flexibility index (Phi) is 6.40. The number of carbonyl (C=O) groups is 1. The molecule has 0 aliphatic heterocycles. The van der Waals surface area contributed by atoms with E-state index < -0.39 is 5.41 Å². The Bertz CT molecular complexity index is 490. The van der Waals surface area contributed by atoms with E-state index in [4.69, 9.17) is 22.4 Å². The largest absolute Gasteiger partial charge is 0.464 e. The van der Waals surface area contributed by atoms with Gasteiger partial charge < -0.3 is 15.1 Å². The van der Waals surface area contributed by atoms with Gasteiger partial charge >= 0.3 is 0 Å². The van der Waals surface area contributed by atoms with Crippen LogP contribution >= 0.6 is 12.2 Å². The summed E-state index contributed by atoms with van der Waals surface area (Å²) in [6.45, 7) is 6.42. The lowest BCUT2D eigenvalue weighted by molar-refractivity contribution is -0.138. The molecule has 1 rings (SSSR count). The summed E-state index contributed by atoms with van der Waals surface area (Å²) in [5, 5.41) is 0. The first-order valence-electron chi connectivity index (χ1n) is 7.48. The third-order valence-corrected chi connectivity index (χ3v) is 4.16. The van der Waals surface area contributed by atoms with E-state index in [2.05, 4.69) is 0 Å². The minimum absolute atomic E-state index is 0.00671. The molecule has 0 aromatic carbocycles. The van der Waals surface area contributed by atoms with Gasteiger partial charge in [-0.2, -0.15) is 0 Å². The lowest BCUT2D eigenvalue weighted by atomic mass is 9.77. The van der Waals surface area contributed by atoms with E-state index in [1.54, 1.807) is 11.9 Å². The van der Waals surface area contributed by atoms with Crippen LogP contribution in [-0.2, 0) is 11.3 Å². The van der Waals surface area contributed by atoms with Crippen LogP contribution < -0.4 is 5.73 Å². The van der Waals surface area contributed by atoms with Crippen molar-refractivity contribution >= 4 is 23.1 Å². The first kappa shape index (κ1) is 17.7. The topological polar surface area (TPSA) is 59.5 Å². The molecule has 0 saturated heterocycles. The molecule has 118 valence electrons. The van der Waals surface area contributed by atoms with Crippen molar-refractivity contribution in [2.24, 2.45) is 11.1 Å². The smallest absolute Gasteiger partial charge is 0.235 e. The summed E-state index contributed by atoms with van der Waals surface area (Å²) in [6.07, 6.45) is 3.13. The Morgan fingerprint density at radius 2 is 1.90 bits per heavy atom. The average Bonchev–Trinajstić information content (AvgIpc) is 2.82. The van der Waals surface area contributed by atoms with Gasteiger partial charge in [0.25, 0.3) is 0 Å². The van der Waals surface area contributed by atoms with Crippen molar-refractivity contribution in [1.29, 1.82) is 0 Å². The van der Waals surface area contributed by atoms with Gasteiger partial charge in [-0.05, 0) is 31.9 Å². The van der Waals surface area contributed by atoms with Crippen LogP contribution in [0.15, 0.2) is 16.5 Å². The van der Waals surface area contributed by atoms with Crippen LogP contribution in [0.3, 0.4) is 0 Å². The monoisotopic (exact) mass is 310 g/mol. The van der Waals surface area contributed by atoms with Crippen molar-refractivity contribution in [2.45, 2.75) is 53.0 Å². The summed E-state index contributed by atoms with van der Waals surface area (Å²) in [7, 11) is 1.78. The predicted molar refractivity (Wildman–Crippen MR) is 89.0 cm³/mol. The fourth-order valence-corrected chi connectivity index (χ4v) is 3.08. The fourth-order valence-electron chi connectivity index (χ4n) is 2.79. The lowest BCUT2D eigenvalue weighted by Crippen LogP contribution is -2.49. The molecule has 4 nitrogen and oxygen atoms in total. The summed E-state index contributed by atoms with van der Waals surface area (Å²) >= 11 is 5.23. The number of hydrogen-bond donors (Lipinski definition) is 1. The molecule has 0 atom stereocenters. The van der Waals surface area contributed by atoms with Crippen molar-refractivity contribution in [3.8, 4) is 0 Å². The minimum atomic E-state index is -0.727. The van der Waals surface area contributed by atoms with Crippen molar-refractivity contribution in [2.75, 3.05) is 7.05 Å². The third-order valence-electron chi connectivity index (χ3n) is 3.77. The summed E-state index contributed by atoms with van der Waals surface area (Å²) in [4.78, 5) is 14.9. The van der Waals surface area contributed by atoms with Gasteiger partial charge in [0.05, 0.1) is 16.9 Å². The van der Waals surface area contributed by atoms with E-state index in [1.165, 1.54) is 0 Å². The standard InChI is InChI=1S/C16H26N2O2S/c1-5-9-16(10-6-2,14(17)21)15(19)18(4)11-13-8-7-12(3)20-13/h7-8H,5-6,9-11H2,1-4H3,(H2,17,21). The van der Waals surface area contributed by atoms with E-state index in [9.17, 15) is 4.79 Å². The highest BCUT2D eigenvalue weighted by atomic mass is 32.1. The number of amides is 1. The average molecular weight is 310 g/mol. The second-order valence-corrected chi connectivity index (χ2v) is 6.06. The molecule has 0 bridgehead atoms. The summed E-state index contributed by atoms with van der Waals surface area (Å²) in [5.41, 5.74) is 5.21. The quantitative estimate of drug-likeness (QED) is 0.747. The highest BCUT2D eigenvalue weighted by molar-refractivity contribution is 7.80. The molecule has 0 saturated carbocycles. The predicted octanol–water partition coefficient (Wildman–Crippen LogP) is 3.42. The Morgan fingerprint density at radius 1 is 1.33 bits per heavy atom. The van der Waals surface area contributed by atoms with Gasteiger partial charge in [-0.1, -0.05) is 38.9 Å². The van der Waals surface area contributed by atoms with E-state index >= 15 is 0 Å². The summed E-state index contributed by atoms with van der Waals surface area (Å²) < 4.78 is 5.54. The van der Waals surface area contributed by atoms with Gasteiger partial charge in [0, 0.05) is 7.05 Å². The van der Waals surface area contributed by atoms with Crippen LogP contribution in [0, 0.1) is 12.3 Å². The second-order valence-electron chi connectivity index (χ2n) is 5.62. The number of hydrogen-bond acceptors (Lipinski definition) is 3.